The average molecular weight is 339 g/mol. The fourth-order valence-electron chi connectivity index (χ4n) is 2.39. The van der Waals surface area contributed by atoms with E-state index in [4.69, 9.17) is 0 Å². The molecule has 6 heteroatoms. The molecule has 2 aromatic carbocycles. The number of thioether (sulfide) groups is 1. The molecule has 24 heavy (non-hydrogen) atoms. The molecule has 1 aromatic heterocycles. The Kier molecular flexibility index (Phi) is 4.63. The lowest BCUT2D eigenvalue weighted by Crippen LogP contribution is -2.20. The van der Waals surface area contributed by atoms with Crippen molar-refractivity contribution in [2.75, 3.05) is 5.75 Å². The highest BCUT2D eigenvalue weighted by atomic mass is 32.2. The van der Waals surface area contributed by atoms with Gasteiger partial charge in [-0.25, -0.2) is 9.37 Å². The Morgan fingerprint density at radius 1 is 1.33 bits per heavy atom. The second kappa shape index (κ2) is 6.85. The number of nitrogens with zero attached hydrogens (tertiary/aromatic N) is 3. The van der Waals surface area contributed by atoms with Crippen LogP contribution < -0.4 is 5.56 Å². The molecule has 3 rings (SSSR count). The van der Waals surface area contributed by atoms with Crippen LogP contribution in [0, 0.1) is 17.1 Å². The summed E-state index contributed by atoms with van der Waals surface area (Å²) in [6.45, 7) is 2.03. The van der Waals surface area contributed by atoms with Crippen LogP contribution in [0.1, 0.15) is 18.9 Å². The molecule has 0 aliphatic rings. The minimum atomic E-state index is -0.619. The van der Waals surface area contributed by atoms with Crippen molar-refractivity contribution in [2.24, 2.45) is 0 Å². The molecule has 0 saturated carbocycles. The Labute approximate surface area is 142 Å². The first-order valence-electron chi connectivity index (χ1n) is 7.49. The molecular weight excluding hydrogens is 325 g/mol. The Morgan fingerprint density at radius 3 is 2.88 bits per heavy atom. The number of benzene rings is 2. The molecule has 3 aromatic rings. The molecule has 0 unspecified atom stereocenters. The second-order valence-electron chi connectivity index (χ2n) is 5.20. The van der Waals surface area contributed by atoms with Gasteiger partial charge in [-0.2, -0.15) is 5.26 Å². The molecule has 0 aliphatic heterocycles. The van der Waals surface area contributed by atoms with Gasteiger partial charge in [-0.1, -0.05) is 19.1 Å². The summed E-state index contributed by atoms with van der Waals surface area (Å²) in [5.41, 5.74) is 0.608. The molecule has 0 amide bonds. The third kappa shape index (κ3) is 2.91. The van der Waals surface area contributed by atoms with Crippen LogP contribution in [-0.4, -0.2) is 15.3 Å². The van der Waals surface area contributed by atoms with E-state index < -0.39 is 5.82 Å². The van der Waals surface area contributed by atoms with Crippen molar-refractivity contribution in [1.82, 2.24) is 9.55 Å². The normalized spacial score (nSPS) is 10.7. The Bertz CT molecular complexity index is 1010. The molecule has 0 aliphatic carbocycles. The van der Waals surface area contributed by atoms with Crippen molar-refractivity contribution >= 4 is 22.7 Å². The van der Waals surface area contributed by atoms with Crippen LogP contribution in [0.5, 0.6) is 0 Å². The largest absolute Gasteiger partial charge is 0.268 e. The van der Waals surface area contributed by atoms with Gasteiger partial charge in [0.1, 0.15) is 18.2 Å². The van der Waals surface area contributed by atoms with Crippen LogP contribution in [-0.2, 0) is 0 Å². The van der Waals surface area contributed by atoms with Gasteiger partial charge in [0, 0.05) is 4.90 Å². The predicted octanol–water partition coefficient (Wildman–Crippen LogP) is 3.90. The van der Waals surface area contributed by atoms with Crippen molar-refractivity contribution in [2.45, 2.75) is 18.2 Å². The molecule has 4 nitrogen and oxygen atoms in total. The third-order valence-corrected chi connectivity index (χ3v) is 4.82. The van der Waals surface area contributed by atoms with Crippen molar-refractivity contribution < 1.29 is 4.39 Å². The van der Waals surface area contributed by atoms with E-state index in [2.05, 4.69) is 4.98 Å². The van der Waals surface area contributed by atoms with Gasteiger partial charge >= 0.3 is 0 Å². The molecule has 0 fully saturated rings. The van der Waals surface area contributed by atoms with Gasteiger partial charge in [0.15, 0.2) is 0 Å². The summed E-state index contributed by atoms with van der Waals surface area (Å²) < 4.78 is 15.6. The Balaban J connectivity index is 2.21. The Morgan fingerprint density at radius 2 is 2.12 bits per heavy atom. The van der Waals surface area contributed by atoms with Gasteiger partial charge in [-0.05, 0) is 36.4 Å². The lowest BCUT2D eigenvalue weighted by atomic mass is 10.2. The topological polar surface area (TPSA) is 58.7 Å². The fraction of sp³-hybridized carbons (Fsp3) is 0.167. The molecule has 0 atom stereocenters. The monoisotopic (exact) mass is 339 g/mol. The number of fused-ring (bicyclic) bond motifs is 1. The zero-order valence-electron chi connectivity index (χ0n) is 13.0. The zero-order chi connectivity index (χ0) is 17.1. The van der Waals surface area contributed by atoms with Crippen molar-refractivity contribution in [3.8, 4) is 11.8 Å². The lowest BCUT2D eigenvalue weighted by molar-refractivity contribution is 0.613. The molecule has 0 N–H and O–H groups in total. The van der Waals surface area contributed by atoms with Crippen LogP contribution in [0.3, 0.4) is 0 Å². The highest BCUT2D eigenvalue weighted by Crippen LogP contribution is 2.27. The number of hydrogen-bond donors (Lipinski definition) is 0. The van der Waals surface area contributed by atoms with Crippen LogP contribution in [0.4, 0.5) is 4.39 Å². The number of aromatic nitrogens is 2. The Hall–Kier alpha value is -2.65. The van der Waals surface area contributed by atoms with E-state index in [1.807, 2.05) is 13.0 Å². The number of nitriles is 1. The molecule has 120 valence electrons. The predicted molar refractivity (Wildman–Crippen MR) is 93.0 cm³/mol. The quantitative estimate of drug-likeness (QED) is 0.677. The highest BCUT2D eigenvalue weighted by molar-refractivity contribution is 7.99. The summed E-state index contributed by atoms with van der Waals surface area (Å²) in [7, 11) is 0. The van der Waals surface area contributed by atoms with E-state index in [1.165, 1.54) is 28.7 Å². The van der Waals surface area contributed by atoms with Crippen molar-refractivity contribution in [3.05, 3.63) is 64.5 Å². The minimum absolute atomic E-state index is 0.107. The van der Waals surface area contributed by atoms with E-state index in [9.17, 15) is 14.4 Å². The van der Waals surface area contributed by atoms with Crippen LogP contribution in [0.15, 0.2) is 52.4 Å². The van der Waals surface area contributed by atoms with E-state index in [0.29, 0.717) is 15.8 Å². The minimum Gasteiger partial charge on any atom is -0.268 e. The maximum Gasteiger partial charge on any atom is 0.265 e. The summed E-state index contributed by atoms with van der Waals surface area (Å²) in [4.78, 5) is 17.5. The summed E-state index contributed by atoms with van der Waals surface area (Å²) in [6, 6.07) is 11.7. The number of para-hydroxylation sites is 1. The second-order valence-corrected chi connectivity index (χ2v) is 6.33. The molecule has 0 bridgehead atoms. The summed E-state index contributed by atoms with van der Waals surface area (Å²) >= 11 is 1.47. The maximum atomic E-state index is 14.5. The van der Waals surface area contributed by atoms with E-state index in [0.717, 1.165) is 12.2 Å². The van der Waals surface area contributed by atoms with Gasteiger partial charge in [-0.15, -0.1) is 11.8 Å². The van der Waals surface area contributed by atoms with Gasteiger partial charge in [-0.3, -0.25) is 9.36 Å². The number of hydrogen-bond acceptors (Lipinski definition) is 4. The van der Waals surface area contributed by atoms with E-state index in [1.54, 1.807) is 30.3 Å². The standard InChI is InChI=1S/C18H14FN3OS/c1-2-7-24-17-9-16(14(19)8-12(17)10-20)22-11-21-15-6-4-3-5-13(15)18(22)23/h3-6,8-9,11H,2,7H2,1H3. The highest BCUT2D eigenvalue weighted by Gasteiger charge is 2.14. The van der Waals surface area contributed by atoms with Gasteiger partial charge in [0.25, 0.3) is 5.56 Å². The van der Waals surface area contributed by atoms with Gasteiger partial charge in [0.05, 0.1) is 22.2 Å². The first kappa shape index (κ1) is 16.2. The summed E-state index contributed by atoms with van der Waals surface area (Å²) in [5.74, 6) is 0.191. The average Bonchev–Trinajstić information content (AvgIpc) is 2.61. The van der Waals surface area contributed by atoms with Crippen LogP contribution in [0.2, 0.25) is 0 Å². The molecule has 0 spiro atoms. The first-order valence-corrected chi connectivity index (χ1v) is 8.47. The van der Waals surface area contributed by atoms with E-state index in [-0.39, 0.29) is 16.8 Å². The lowest BCUT2D eigenvalue weighted by Gasteiger charge is -2.11. The maximum absolute atomic E-state index is 14.5. The molecule has 0 saturated heterocycles. The van der Waals surface area contributed by atoms with Crippen molar-refractivity contribution in [3.63, 3.8) is 0 Å². The van der Waals surface area contributed by atoms with Gasteiger partial charge < -0.3 is 0 Å². The van der Waals surface area contributed by atoms with Crippen molar-refractivity contribution in [1.29, 1.82) is 5.26 Å². The SMILES string of the molecule is CCCSc1cc(-n2cnc3ccccc3c2=O)c(F)cc1C#N. The molecule has 1 heterocycles. The smallest absolute Gasteiger partial charge is 0.265 e. The van der Waals surface area contributed by atoms with E-state index >= 15 is 0 Å². The van der Waals surface area contributed by atoms with Gasteiger partial charge in [0.2, 0.25) is 0 Å². The fourth-order valence-corrected chi connectivity index (χ4v) is 3.27. The van der Waals surface area contributed by atoms with Crippen LogP contribution in [0.25, 0.3) is 16.6 Å². The zero-order valence-corrected chi connectivity index (χ0v) is 13.8. The summed E-state index contributed by atoms with van der Waals surface area (Å²) in [5, 5.41) is 9.61. The number of halogens is 1. The van der Waals surface area contributed by atoms with Crippen LogP contribution >= 0.6 is 11.8 Å². The first-order chi connectivity index (χ1) is 11.7. The summed E-state index contributed by atoms with van der Waals surface area (Å²) in [6.07, 6.45) is 2.25. The molecule has 0 radical (unpaired) electrons. The number of rotatable bonds is 4. The third-order valence-electron chi connectivity index (χ3n) is 3.56. The molecular formula is C18H14FN3OS.